The molecule has 1 amide bonds. The van der Waals surface area contributed by atoms with Gasteiger partial charge in [0, 0.05) is 16.0 Å². The first-order valence-corrected chi connectivity index (χ1v) is 8.04. The number of fused-ring (bicyclic) bond motifs is 1. The van der Waals surface area contributed by atoms with Gasteiger partial charge in [-0.3, -0.25) is 4.79 Å². The zero-order valence-electron chi connectivity index (χ0n) is 13.0. The monoisotopic (exact) mass is 374 g/mol. The average Bonchev–Trinajstić information content (AvgIpc) is 2.60. The van der Waals surface area contributed by atoms with E-state index in [2.05, 4.69) is 10.5 Å². The van der Waals surface area contributed by atoms with Gasteiger partial charge in [0.05, 0.1) is 16.3 Å². The number of hydrogen-bond acceptors (Lipinski definition) is 4. The van der Waals surface area contributed by atoms with Crippen molar-refractivity contribution in [2.75, 3.05) is 0 Å². The molecule has 3 aromatic rings. The van der Waals surface area contributed by atoms with Crippen LogP contribution in [0.2, 0.25) is 10.0 Å². The molecule has 2 aromatic carbocycles. The molecule has 0 unspecified atom stereocenters. The topological polar surface area (TPSA) is 71.7 Å². The molecule has 0 fully saturated rings. The second-order valence-electron chi connectivity index (χ2n) is 5.26. The fourth-order valence-corrected chi connectivity index (χ4v) is 2.81. The zero-order valence-corrected chi connectivity index (χ0v) is 14.6. The molecule has 25 heavy (non-hydrogen) atoms. The van der Waals surface area contributed by atoms with Crippen LogP contribution < -0.4 is 11.1 Å². The van der Waals surface area contributed by atoms with E-state index < -0.39 is 5.63 Å². The van der Waals surface area contributed by atoms with Gasteiger partial charge in [0.15, 0.2) is 5.58 Å². The SMILES string of the molecule is C/C(=N/NC(=O)c1ccccc1)c1cc2cc(Cl)cc(Cl)c2oc1=O. The molecule has 0 aliphatic heterocycles. The Hall–Kier alpha value is -2.63. The highest BCUT2D eigenvalue weighted by molar-refractivity contribution is 6.38. The summed E-state index contributed by atoms with van der Waals surface area (Å²) in [5.41, 5.74) is 3.03. The molecule has 7 heteroatoms. The molecule has 5 nitrogen and oxygen atoms in total. The molecule has 0 aliphatic rings. The molecule has 1 aromatic heterocycles. The van der Waals surface area contributed by atoms with E-state index in [0.29, 0.717) is 21.7 Å². The van der Waals surface area contributed by atoms with Crippen molar-refractivity contribution in [2.45, 2.75) is 6.92 Å². The van der Waals surface area contributed by atoms with E-state index in [1.165, 1.54) is 6.07 Å². The molecule has 0 aliphatic carbocycles. The Labute approximate surface area is 152 Å². The highest BCUT2D eigenvalue weighted by Crippen LogP contribution is 2.27. The van der Waals surface area contributed by atoms with Gasteiger partial charge in [-0.1, -0.05) is 41.4 Å². The maximum atomic E-state index is 12.2. The van der Waals surface area contributed by atoms with Crippen LogP contribution in [-0.4, -0.2) is 11.6 Å². The molecular weight excluding hydrogens is 363 g/mol. The standard InChI is InChI=1S/C18H12Cl2N2O3/c1-10(21-22-17(23)11-5-3-2-4-6-11)14-8-12-7-13(19)9-15(20)16(12)25-18(14)24/h2-9H,1H3,(H,22,23)/b21-10-. The summed E-state index contributed by atoms with van der Waals surface area (Å²) >= 11 is 12.0. The lowest BCUT2D eigenvalue weighted by atomic mass is 10.1. The summed E-state index contributed by atoms with van der Waals surface area (Å²) in [6, 6.07) is 13.3. The molecule has 3 rings (SSSR count). The highest BCUT2D eigenvalue weighted by Gasteiger charge is 2.12. The number of carbonyl (C=O) groups excluding carboxylic acids is 1. The van der Waals surface area contributed by atoms with Crippen LogP contribution in [0.15, 0.2) is 62.8 Å². The van der Waals surface area contributed by atoms with Gasteiger partial charge in [-0.15, -0.1) is 0 Å². The van der Waals surface area contributed by atoms with Crippen LogP contribution >= 0.6 is 23.2 Å². The number of halogens is 2. The average molecular weight is 375 g/mol. The summed E-state index contributed by atoms with van der Waals surface area (Å²) in [5.74, 6) is -0.379. The van der Waals surface area contributed by atoms with Crippen LogP contribution in [0.5, 0.6) is 0 Å². The van der Waals surface area contributed by atoms with E-state index in [4.69, 9.17) is 27.6 Å². The van der Waals surface area contributed by atoms with Gasteiger partial charge in [-0.05, 0) is 37.3 Å². The van der Waals surface area contributed by atoms with Crippen LogP contribution in [0, 0.1) is 0 Å². The van der Waals surface area contributed by atoms with Crippen molar-refractivity contribution in [2.24, 2.45) is 5.10 Å². The minimum absolute atomic E-state index is 0.208. The first-order chi connectivity index (χ1) is 12.0. The van der Waals surface area contributed by atoms with E-state index in [0.717, 1.165) is 0 Å². The van der Waals surface area contributed by atoms with Crippen molar-refractivity contribution in [1.82, 2.24) is 5.43 Å². The number of amides is 1. The molecule has 1 N–H and O–H groups in total. The Kier molecular flexibility index (Phi) is 4.88. The number of rotatable bonds is 3. The fourth-order valence-electron chi connectivity index (χ4n) is 2.26. The molecule has 126 valence electrons. The van der Waals surface area contributed by atoms with Gasteiger partial charge in [-0.25, -0.2) is 10.2 Å². The maximum Gasteiger partial charge on any atom is 0.345 e. The predicted molar refractivity (Wildman–Crippen MR) is 98.6 cm³/mol. The van der Waals surface area contributed by atoms with E-state index in [1.54, 1.807) is 43.3 Å². The summed E-state index contributed by atoms with van der Waals surface area (Å²) in [6.45, 7) is 1.59. The van der Waals surface area contributed by atoms with Crippen molar-refractivity contribution >= 4 is 45.8 Å². The van der Waals surface area contributed by atoms with Crippen LogP contribution in [0.1, 0.15) is 22.8 Å². The molecule has 0 bridgehead atoms. The number of carbonyl (C=O) groups is 1. The lowest BCUT2D eigenvalue weighted by Crippen LogP contribution is -2.21. The Morgan fingerprint density at radius 2 is 1.84 bits per heavy atom. The molecule has 0 saturated heterocycles. The Morgan fingerprint density at radius 1 is 1.12 bits per heavy atom. The number of benzene rings is 2. The summed E-state index contributed by atoms with van der Waals surface area (Å²) in [5, 5.41) is 5.21. The van der Waals surface area contributed by atoms with E-state index in [-0.39, 0.29) is 22.1 Å². The summed E-state index contributed by atoms with van der Waals surface area (Å²) in [6.07, 6.45) is 0. The molecule has 0 radical (unpaired) electrons. The third-order valence-electron chi connectivity index (χ3n) is 3.50. The zero-order chi connectivity index (χ0) is 18.0. The lowest BCUT2D eigenvalue weighted by molar-refractivity contribution is 0.0955. The summed E-state index contributed by atoms with van der Waals surface area (Å²) < 4.78 is 5.25. The number of hydrazone groups is 1. The van der Waals surface area contributed by atoms with Crippen molar-refractivity contribution < 1.29 is 9.21 Å². The Balaban J connectivity index is 1.94. The molecular formula is C18H12Cl2N2O3. The second kappa shape index (κ2) is 7.09. The minimum atomic E-state index is -0.605. The van der Waals surface area contributed by atoms with Crippen LogP contribution in [-0.2, 0) is 0 Å². The Morgan fingerprint density at radius 3 is 2.56 bits per heavy atom. The van der Waals surface area contributed by atoms with Gasteiger partial charge < -0.3 is 4.42 Å². The Bertz CT molecular complexity index is 1040. The predicted octanol–water partition coefficient (Wildman–Crippen LogP) is 4.25. The smallest absolute Gasteiger partial charge is 0.345 e. The van der Waals surface area contributed by atoms with Gasteiger partial charge in [0.2, 0.25) is 0 Å². The number of nitrogens with one attached hydrogen (secondary N) is 1. The minimum Gasteiger partial charge on any atom is -0.421 e. The molecule has 0 spiro atoms. The normalized spacial score (nSPS) is 11.6. The lowest BCUT2D eigenvalue weighted by Gasteiger charge is -2.05. The quantitative estimate of drug-likeness (QED) is 0.423. The van der Waals surface area contributed by atoms with E-state index >= 15 is 0 Å². The number of hydrogen-bond donors (Lipinski definition) is 1. The van der Waals surface area contributed by atoms with Gasteiger partial charge in [0.25, 0.3) is 5.91 Å². The largest absolute Gasteiger partial charge is 0.421 e. The third-order valence-corrected chi connectivity index (χ3v) is 4.00. The van der Waals surface area contributed by atoms with Gasteiger partial charge >= 0.3 is 5.63 Å². The second-order valence-corrected chi connectivity index (χ2v) is 6.10. The number of nitrogens with zero attached hydrogens (tertiary/aromatic N) is 1. The van der Waals surface area contributed by atoms with Crippen molar-refractivity contribution in [3.63, 3.8) is 0 Å². The molecule has 0 atom stereocenters. The van der Waals surface area contributed by atoms with E-state index in [1.807, 2.05) is 6.07 Å². The summed E-state index contributed by atoms with van der Waals surface area (Å²) in [7, 11) is 0. The van der Waals surface area contributed by atoms with Crippen molar-refractivity contribution in [3.05, 3.63) is 80.1 Å². The first-order valence-electron chi connectivity index (χ1n) is 7.28. The van der Waals surface area contributed by atoms with Crippen LogP contribution in [0.4, 0.5) is 0 Å². The first kappa shape index (κ1) is 17.2. The van der Waals surface area contributed by atoms with Crippen LogP contribution in [0.3, 0.4) is 0 Å². The van der Waals surface area contributed by atoms with Gasteiger partial charge in [-0.2, -0.15) is 5.10 Å². The maximum absolute atomic E-state index is 12.2. The molecule has 0 saturated carbocycles. The fraction of sp³-hybridized carbons (Fsp3) is 0.0556. The van der Waals surface area contributed by atoms with Gasteiger partial charge in [0.1, 0.15) is 0 Å². The van der Waals surface area contributed by atoms with E-state index in [9.17, 15) is 9.59 Å². The molecule has 1 heterocycles. The van der Waals surface area contributed by atoms with Crippen molar-refractivity contribution in [3.8, 4) is 0 Å². The van der Waals surface area contributed by atoms with Crippen LogP contribution in [0.25, 0.3) is 11.0 Å². The van der Waals surface area contributed by atoms with Crippen molar-refractivity contribution in [1.29, 1.82) is 0 Å². The summed E-state index contributed by atoms with van der Waals surface area (Å²) in [4.78, 5) is 24.2. The highest BCUT2D eigenvalue weighted by atomic mass is 35.5. The third kappa shape index (κ3) is 3.73.